The Kier molecular flexibility index (Phi) is 6.20. The second-order valence-corrected chi connectivity index (χ2v) is 6.92. The third-order valence-corrected chi connectivity index (χ3v) is 4.84. The number of nitrogens with zero attached hydrogens (tertiary/aromatic N) is 3. The van der Waals surface area contributed by atoms with Crippen molar-refractivity contribution in [2.45, 2.75) is 51.2 Å². The molecule has 1 aliphatic heterocycles. The second kappa shape index (κ2) is 8.79. The van der Waals surface area contributed by atoms with Gasteiger partial charge in [-0.2, -0.15) is 4.98 Å². The van der Waals surface area contributed by atoms with Gasteiger partial charge in [-0.3, -0.25) is 10.5 Å². The van der Waals surface area contributed by atoms with Gasteiger partial charge < -0.3 is 15.6 Å². The Balaban J connectivity index is 0.000000516. The smallest absolute Gasteiger partial charge is 0.300 e. The van der Waals surface area contributed by atoms with Gasteiger partial charge in [0.1, 0.15) is 12.0 Å². The van der Waals surface area contributed by atoms with Crippen LogP contribution >= 0.6 is 0 Å². The summed E-state index contributed by atoms with van der Waals surface area (Å²) in [5, 5.41) is 7.42. The summed E-state index contributed by atoms with van der Waals surface area (Å²) in [4.78, 5) is 21.5. The molecule has 1 aromatic heterocycles. The molecule has 8 nitrogen and oxygen atoms in total. The molecule has 2 aromatic rings. The molecule has 1 aliphatic carbocycles. The zero-order chi connectivity index (χ0) is 20.1. The van der Waals surface area contributed by atoms with Gasteiger partial charge >= 0.3 is 0 Å². The van der Waals surface area contributed by atoms with Crippen LogP contribution in [0.1, 0.15) is 56.1 Å². The highest BCUT2D eigenvalue weighted by molar-refractivity contribution is 6.06. The van der Waals surface area contributed by atoms with Gasteiger partial charge in [0.05, 0.1) is 0 Å². The van der Waals surface area contributed by atoms with Crippen LogP contribution in [0.2, 0.25) is 0 Å². The summed E-state index contributed by atoms with van der Waals surface area (Å²) < 4.78 is 5.64. The van der Waals surface area contributed by atoms with Crippen LogP contribution in [0.25, 0.3) is 0 Å². The average molecular weight is 383 g/mol. The average Bonchev–Trinajstić information content (AvgIpc) is 2.68. The minimum absolute atomic E-state index is 0.295. The van der Waals surface area contributed by atoms with Crippen LogP contribution in [0.15, 0.2) is 35.6 Å². The Labute approximate surface area is 163 Å². The van der Waals surface area contributed by atoms with E-state index < -0.39 is 12.2 Å². The van der Waals surface area contributed by atoms with E-state index in [9.17, 15) is 0 Å². The molecule has 2 heterocycles. The van der Waals surface area contributed by atoms with Crippen molar-refractivity contribution in [2.75, 3.05) is 5.73 Å². The summed E-state index contributed by atoms with van der Waals surface area (Å²) in [5.41, 5.74) is 15.4. The maximum atomic E-state index is 9.00. The van der Waals surface area contributed by atoms with E-state index in [4.69, 9.17) is 26.1 Å². The van der Waals surface area contributed by atoms with Crippen molar-refractivity contribution in [1.82, 2.24) is 9.97 Å². The minimum Gasteiger partial charge on any atom is -0.481 e. The molecule has 1 aromatic carbocycles. The third-order valence-electron chi connectivity index (χ3n) is 4.84. The van der Waals surface area contributed by atoms with Crippen LogP contribution in [-0.4, -0.2) is 33.0 Å². The molecular weight excluding hydrogens is 358 g/mol. The molecule has 0 radical (unpaired) electrons. The molecule has 5 N–H and O–H groups in total. The van der Waals surface area contributed by atoms with Crippen molar-refractivity contribution in [3.8, 4) is 5.88 Å². The molecule has 1 saturated carbocycles. The number of aromatic nitrogens is 2. The Hall–Kier alpha value is -3.00. The van der Waals surface area contributed by atoms with Gasteiger partial charge in [0.25, 0.3) is 5.97 Å². The minimum atomic E-state index is -0.833. The maximum absolute atomic E-state index is 9.00. The molecule has 0 spiro atoms. The van der Waals surface area contributed by atoms with Crippen molar-refractivity contribution in [3.05, 3.63) is 41.7 Å². The number of ether oxygens (including phenoxy) is 1. The molecule has 0 amide bonds. The SMILES string of the molecule is CC(=O)O.Nc1ncnc2c1N=C(c1ccc(C3CCCCC3)cc1)C(N)O2. The molecule has 1 fully saturated rings. The van der Waals surface area contributed by atoms with E-state index in [1.54, 1.807) is 0 Å². The topological polar surface area (TPSA) is 137 Å². The van der Waals surface area contributed by atoms with Crippen LogP contribution < -0.4 is 16.2 Å². The molecule has 4 rings (SSSR count). The lowest BCUT2D eigenvalue weighted by molar-refractivity contribution is -0.134. The predicted molar refractivity (Wildman–Crippen MR) is 107 cm³/mol. The summed E-state index contributed by atoms with van der Waals surface area (Å²) in [6.07, 6.45) is 7.27. The van der Waals surface area contributed by atoms with Crippen LogP contribution in [-0.2, 0) is 4.79 Å². The molecule has 8 heteroatoms. The lowest BCUT2D eigenvalue weighted by atomic mass is 9.84. The van der Waals surface area contributed by atoms with E-state index in [-0.39, 0.29) is 0 Å². The zero-order valence-corrected chi connectivity index (χ0v) is 15.8. The first-order chi connectivity index (χ1) is 13.5. The number of carbonyl (C=O) groups is 1. The Bertz CT molecular complexity index is 857. The van der Waals surface area contributed by atoms with E-state index in [2.05, 4.69) is 39.2 Å². The molecule has 1 atom stereocenters. The standard InChI is InChI=1S/C18H21N5O.C2H4O2/c19-16-15-18(22-10-21-16)24-17(20)14(23-15)13-8-6-12(7-9-13)11-4-2-1-3-5-11;1-2(3)4/h6-11,17H,1-5,20H2,(H2,19,21,22);1H3,(H,3,4). The first-order valence-electron chi connectivity index (χ1n) is 9.37. The van der Waals surface area contributed by atoms with Gasteiger partial charge in [-0.05, 0) is 24.3 Å². The van der Waals surface area contributed by atoms with Gasteiger partial charge in [0.15, 0.2) is 17.7 Å². The van der Waals surface area contributed by atoms with Crippen molar-refractivity contribution >= 4 is 23.2 Å². The predicted octanol–water partition coefficient (Wildman–Crippen LogP) is 3.00. The summed E-state index contributed by atoms with van der Waals surface area (Å²) in [6.45, 7) is 1.08. The van der Waals surface area contributed by atoms with Crippen LogP contribution in [0.5, 0.6) is 5.88 Å². The maximum Gasteiger partial charge on any atom is 0.300 e. The number of fused-ring (bicyclic) bond motifs is 1. The van der Waals surface area contributed by atoms with E-state index >= 15 is 0 Å². The highest BCUT2D eigenvalue weighted by Gasteiger charge is 2.25. The number of benzene rings is 1. The fourth-order valence-electron chi connectivity index (χ4n) is 3.52. The summed E-state index contributed by atoms with van der Waals surface area (Å²) in [5.74, 6) is 0.469. The first kappa shape index (κ1) is 19.8. The largest absolute Gasteiger partial charge is 0.481 e. The molecule has 0 saturated heterocycles. The van der Waals surface area contributed by atoms with Crippen LogP contribution in [0, 0.1) is 0 Å². The van der Waals surface area contributed by atoms with Crippen molar-refractivity contribution < 1.29 is 14.6 Å². The van der Waals surface area contributed by atoms with Gasteiger partial charge in [-0.25, -0.2) is 9.98 Å². The van der Waals surface area contributed by atoms with E-state index in [0.29, 0.717) is 29.0 Å². The monoisotopic (exact) mass is 383 g/mol. The van der Waals surface area contributed by atoms with E-state index in [1.165, 1.54) is 44.0 Å². The molecular formula is C20H25N5O3. The lowest BCUT2D eigenvalue weighted by Gasteiger charge is -2.24. The quantitative estimate of drug-likeness (QED) is 0.725. The number of hydrogen-bond donors (Lipinski definition) is 3. The van der Waals surface area contributed by atoms with E-state index in [1.807, 2.05) is 0 Å². The number of rotatable bonds is 2. The van der Waals surface area contributed by atoms with Gasteiger partial charge in [0.2, 0.25) is 5.88 Å². The number of anilines is 1. The number of carboxylic acids is 1. The first-order valence-corrected chi connectivity index (χ1v) is 9.37. The molecule has 0 bridgehead atoms. The van der Waals surface area contributed by atoms with Crippen molar-refractivity contribution in [1.29, 1.82) is 0 Å². The number of nitrogen functional groups attached to an aromatic ring is 1. The highest BCUT2D eigenvalue weighted by atomic mass is 16.5. The second-order valence-electron chi connectivity index (χ2n) is 6.92. The van der Waals surface area contributed by atoms with Gasteiger partial charge in [0, 0.05) is 12.5 Å². The normalized spacial score (nSPS) is 18.8. The summed E-state index contributed by atoms with van der Waals surface area (Å²) >= 11 is 0. The Morgan fingerprint density at radius 1 is 1.14 bits per heavy atom. The van der Waals surface area contributed by atoms with Gasteiger partial charge in [-0.1, -0.05) is 43.5 Å². The van der Waals surface area contributed by atoms with Crippen molar-refractivity contribution in [2.24, 2.45) is 10.7 Å². The summed E-state index contributed by atoms with van der Waals surface area (Å²) in [6, 6.07) is 8.50. The van der Waals surface area contributed by atoms with Crippen LogP contribution in [0.4, 0.5) is 11.5 Å². The Morgan fingerprint density at radius 2 is 1.79 bits per heavy atom. The number of carboxylic acid groups (broad SMARTS) is 1. The number of aliphatic imine (C=N–C) groups is 1. The molecule has 28 heavy (non-hydrogen) atoms. The highest BCUT2D eigenvalue weighted by Crippen LogP contribution is 2.35. The number of aliphatic carboxylic acids is 1. The third kappa shape index (κ3) is 4.64. The number of nitrogens with two attached hydrogens (primary N) is 2. The molecule has 2 aliphatic rings. The fraction of sp³-hybridized carbons (Fsp3) is 0.400. The molecule has 148 valence electrons. The van der Waals surface area contributed by atoms with Crippen LogP contribution in [0.3, 0.4) is 0 Å². The number of hydrogen-bond acceptors (Lipinski definition) is 7. The zero-order valence-electron chi connectivity index (χ0n) is 15.8. The molecule has 1 unspecified atom stereocenters. The summed E-state index contributed by atoms with van der Waals surface area (Å²) in [7, 11) is 0. The van der Waals surface area contributed by atoms with Crippen molar-refractivity contribution in [3.63, 3.8) is 0 Å². The van der Waals surface area contributed by atoms with Gasteiger partial charge in [-0.15, -0.1) is 0 Å². The lowest BCUT2D eigenvalue weighted by Crippen LogP contribution is -2.39. The van der Waals surface area contributed by atoms with E-state index in [0.717, 1.165) is 12.5 Å². The fourth-order valence-corrected chi connectivity index (χ4v) is 3.52. The Morgan fingerprint density at radius 3 is 2.43 bits per heavy atom.